The summed E-state index contributed by atoms with van der Waals surface area (Å²) in [4.78, 5) is 29.4. The lowest BCUT2D eigenvalue weighted by Crippen LogP contribution is -2.34. The van der Waals surface area contributed by atoms with Crippen molar-refractivity contribution in [3.8, 4) is 0 Å². The second kappa shape index (κ2) is 5.82. The van der Waals surface area contributed by atoms with Gasteiger partial charge in [0, 0.05) is 31.9 Å². The molecule has 0 saturated carbocycles. The molecule has 0 radical (unpaired) electrons. The first-order chi connectivity index (χ1) is 9.11. The van der Waals surface area contributed by atoms with E-state index < -0.39 is 0 Å². The number of nitrogens with one attached hydrogen (secondary N) is 1. The van der Waals surface area contributed by atoms with Gasteiger partial charge in [-0.15, -0.1) is 0 Å². The monoisotopic (exact) mass is 261 g/mol. The van der Waals surface area contributed by atoms with Crippen LogP contribution in [0.3, 0.4) is 0 Å². The zero-order chi connectivity index (χ0) is 13.8. The predicted octanol–water partition coefficient (Wildman–Crippen LogP) is 1.13. The maximum absolute atomic E-state index is 12.1. The number of hydrogen-bond donors (Lipinski definition) is 1. The molecular formula is C14H19N3O2. The minimum atomic E-state index is -0.225. The minimum absolute atomic E-state index is 0.0476. The number of carbonyl (C=O) groups excluding carboxylic acids is 2. The SMILES string of the molecule is CCN1CC(C(=O)NC(C)c2ccncc2)CC1=O. The van der Waals surface area contributed by atoms with Crippen LogP contribution in [0.1, 0.15) is 31.9 Å². The summed E-state index contributed by atoms with van der Waals surface area (Å²) in [6.45, 7) is 5.06. The number of carbonyl (C=O) groups is 2. The molecule has 0 aromatic carbocycles. The third kappa shape index (κ3) is 3.10. The Hall–Kier alpha value is -1.91. The highest BCUT2D eigenvalue weighted by atomic mass is 16.2. The summed E-state index contributed by atoms with van der Waals surface area (Å²) in [5.41, 5.74) is 1.01. The van der Waals surface area contributed by atoms with Crippen LogP contribution in [0.2, 0.25) is 0 Å². The van der Waals surface area contributed by atoms with E-state index >= 15 is 0 Å². The Bertz CT molecular complexity index is 461. The molecule has 2 atom stereocenters. The van der Waals surface area contributed by atoms with Gasteiger partial charge in [-0.25, -0.2) is 0 Å². The highest BCUT2D eigenvalue weighted by Gasteiger charge is 2.33. The highest BCUT2D eigenvalue weighted by molar-refractivity contribution is 5.89. The number of rotatable bonds is 4. The molecule has 2 unspecified atom stereocenters. The van der Waals surface area contributed by atoms with Crippen LogP contribution in [-0.4, -0.2) is 34.8 Å². The molecule has 2 amide bonds. The van der Waals surface area contributed by atoms with Crippen molar-refractivity contribution < 1.29 is 9.59 Å². The van der Waals surface area contributed by atoms with Gasteiger partial charge in [-0.1, -0.05) is 0 Å². The fraction of sp³-hybridized carbons (Fsp3) is 0.500. The smallest absolute Gasteiger partial charge is 0.225 e. The van der Waals surface area contributed by atoms with Crippen molar-refractivity contribution in [2.75, 3.05) is 13.1 Å². The Morgan fingerprint density at radius 3 is 2.79 bits per heavy atom. The average Bonchev–Trinajstić information content (AvgIpc) is 2.81. The van der Waals surface area contributed by atoms with E-state index in [1.54, 1.807) is 17.3 Å². The van der Waals surface area contributed by atoms with Crippen LogP contribution in [0.4, 0.5) is 0 Å². The van der Waals surface area contributed by atoms with Crippen molar-refractivity contribution in [3.63, 3.8) is 0 Å². The second-order valence-electron chi connectivity index (χ2n) is 4.84. The van der Waals surface area contributed by atoms with Gasteiger partial charge < -0.3 is 10.2 Å². The van der Waals surface area contributed by atoms with Crippen LogP contribution in [-0.2, 0) is 9.59 Å². The molecule has 0 spiro atoms. The van der Waals surface area contributed by atoms with Crippen LogP contribution < -0.4 is 5.32 Å². The molecule has 1 fully saturated rings. The first-order valence-corrected chi connectivity index (χ1v) is 6.60. The van der Waals surface area contributed by atoms with Crippen LogP contribution in [0.5, 0.6) is 0 Å². The summed E-state index contributed by atoms with van der Waals surface area (Å²) < 4.78 is 0. The summed E-state index contributed by atoms with van der Waals surface area (Å²) in [6, 6.07) is 3.69. The van der Waals surface area contributed by atoms with Gasteiger partial charge in [-0.2, -0.15) is 0 Å². The molecule has 1 aliphatic rings. The first kappa shape index (κ1) is 13.5. The summed E-state index contributed by atoms with van der Waals surface area (Å²) in [7, 11) is 0. The van der Waals surface area contributed by atoms with E-state index in [0.717, 1.165) is 5.56 Å². The van der Waals surface area contributed by atoms with Crippen LogP contribution >= 0.6 is 0 Å². The molecule has 102 valence electrons. The lowest BCUT2D eigenvalue weighted by molar-refractivity contribution is -0.129. The Balaban J connectivity index is 1.93. The van der Waals surface area contributed by atoms with Gasteiger partial charge in [-0.05, 0) is 31.5 Å². The normalized spacial score (nSPS) is 20.4. The molecule has 1 N–H and O–H groups in total. The third-order valence-electron chi connectivity index (χ3n) is 3.53. The van der Waals surface area contributed by atoms with Crippen molar-refractivity contribution in [1.29, 1.82) is 0 Å². The van der Waals surface area contributed by atoms with Crippen molar-refractivity contribution in [1.82, 2.24) is 15.2 Å². The summed E-state index contributed by atoms with van der Waals surface area (Å²) in [6.07, 6.45) is 3.73. The highest BCUT2D eigenvalue weighted by Crippen LogP contribution is 2.19. The average molecular weight is 261 g/mol. The topological polar surface area (TPSA) is 62.3 Å². The summed E-state index contributed by atoms with van der Waals surface area (Å²) in [5.74, 6) is -0.204. The van der Waals surface area contributed by atoms with E-state index in [2.05, 4.69) is 10.3 Å². The largest absolute Gasteiger partial charge is 0.349 e. The molecule has 2 heterocycles. The Kier molecular flexibility index (Phi) is 4.14. The number of aromatic nitrogens is 1. The fourth-order valence-electron chi connectivity index (χ4n) is 2.32. The third-order valence-corrected chi connectivity index (χ3v) is 3.53. The van der Waals surface area contributed by atoms with Crippen LogP contribution in [0.15, 0.2) is 24.5 Å². The van der Waals surface area contributed by atoms with Crippen molar-refractivity contribution in [2.45, 2.75) is 26.3 Å². The Morgan fingerprint density at radius 1 is 1.53 bits per heavy atom. The molecule has 5 nitrogen and oxygen atoms in total. The molecule has 19 heavy (non-hydrogen) atoms. The van der Waals surface area contributed by atoms with E-state index in [4.69, 9.17) is 0 Å². The van der Waals surface area contributed by atoms with E-state index in [1.165, 1.54) is 0 Å². The van der Waals surface area contributed by atoms with Gasteiger partial charge in [0.1, 0.15) is 0 Å². The first-order valence-electron chi connectivity index (χ1n) is 6.60. The number of hydrogen-bond acceptors (Lipinski definition) is 3. The maximum atomic E-state index is 12.1. The number of nitrogens with zero attached hydrogens (tertiary/aromatic N) is 2. The molecule has 1 aromatic heterocycles. The lowest BCUT2D eigenvalue weighted by Gasteiger charge is -2.17. The van der Waals surface area contributed by atoms with Gasteiger partial charge in [0.25, 0.3) is 0 Å². The van der Waals surface area contributed by atoms with Crippen LogP contribution in [0, 0.1) is 5.92 Å². The number of amides is 2. The molecule has 0 aliphatic carbocycles. The molecule has 1 aliphatic heterocycles. The van der Waals surface area contributed by atoms with Gasteiger partial charge in [0.05, 0.1) is 12.0 Å². The van der Waals surface area contributed by atoms with Crippen molar-refractivity contribution >= 4 is 11.8 Å². The Morgan fingerprint density at radius 2 is 2.21 bits per heavy atom. The van der Waals surface area contributed by atoms with E-state index in [1.807, 2.05) is 26.0 Å². The zero-order valence-corrected chi connectivity index (χ0v) is 11.3. The number of likely N-dealkylation sites (tertiary alicyclic amines) is 1. The lowest BCUT2D eigenvalue weighted by atomic mass is 10.1. The fourth-order valence-corrected chi connectivity index (χ4v) is 2.32. The second-order valence-corrected chi connectivity index (χ2v) is 4.84. The quantitative estimate of drug-likeness (QED) is 0.883. The van der Waals surface area contributed by atoms with Crippen molar-refractivity contribution in [3.05, 3.63) is 30.1 Å². The summed E-state index contributed by atoms with van der Waals surface area (Å²) in [5, 5.41) is 2.96. The zero-order valence-electron chi connectivity index (χ0n) is 11.3. The molecular weight excluding hydrogens is 242 g/mol. The van der Waals surface area contributed by atoms with E-state index in [0.29, 0.717) is 19.5 Å². The summed E-state index contributed by atoms with van der Waals surface area (Å²) >= 11 is 0. The molecule has 5 heteroatoms. The predicted molar refractivity (Wildman–Crippen MR) is 71.2 cm³/mol. The standard InChI is InChI=1S/C14H19N3O2/c1-3-17-9-12(8-13(17)18)14(19)16-10(2)11-4-6-15-7-5-11/h4-7,10,12H,3,8-9H2,1-2H3,(H,16,19). The molecule has 0 bridgehead atoms. The Labute approximate surface area is 113 Å². The molecule has 1 aromatic rings. The van der Waals surface area contributed by atoms with Crippen molar-refractivity contribution in [2.24, 2.45) is 5.92 Å². The van der Waals surface area contributed by atoms with Crippen LogP contribution in [0.25, 0.3) is 0 Å². The molecule has 1 saturated heterocycles. The van der Waals surface area contributed by atoms with E-state index in [9.17, 15) is 9.59 Å². The van der Waals surface area contributed by atoms with Gasteiger partial charge >= 0.3 is 0 Å². The molecule has 2 rings (SSSR count). The van der Waals surface area contributed by atoms with Gasteiger partial charge in [-0.3, -0.25) is 14.6 Å². The minimum Gasteiger partial charge on any atom is -0.349 e. The van der Waals surface area contributed by atoms with E-state index in [-0.39, 0.29) is 23.8 Å². The van der Waals surface area contributed by atoms with Gasteiger partial charge in [0.2, 0.25) is 11.8 Å². The van der Waals surface area contributed by atoms with Gasteiger partial charge in [0.15, 0.2) is 0 Å². The maximum Gasteiger partial charge on any atom is 0.225 e. The number of pyridine rings is 1.